The Labute approximate surface area is 137 Å². The van der Waals surface area contributed by atoms with Crippen LogP contribution in [0.15, 0.2) is 44.5 Å². The van der Waals surface area contributed by atoms with Crippen molar-refractivity contribution >= 4 is 22.7 Å². The number of pyridine rings is 1. The van der Waals surface area contributed by atoms with Gasteiger partial charge < -0.3 is 8.98 Å². The molecule has 0 saturated heterocycles. The molecule has 0 aliphatic rings. The van der Waals surface area contributed by atoms with E-state index in [0.717, 1.165) is 30.4 Å². The average molecular weight is 333 g/mol. The van der Waals surface area contributed by atoms with Gasteiger partial charge in [-0.2, -0.15) is 0 Å². The molecule has 3 rings (SSSR count). The second-order valence-electron chi connectivity index (χ2n) is 5.50. The highest BCUT2D eigenvalue weighted by atomic mass is 35.5. The lowest BCUT2D eigenvalue weighted by atomic mass is 10.1. The number of aromatic nitrogens is 2. The van der Waals surface area contributed by atoms with Crippen LogP contribution in [0, 0.1) is 0 Å². The van der Waals surface area contributed by atoms with Gasteiger partial charge >= 0.3 is 5.76 Å². The van der Waals surface area contributed by atoms with E-state index < -0.39 is 5.76 Å². The Hall–Kier alpha value is -2.27. The summed E-state index contributed by atoms with van der Waals surface area (Å²) >= 11 is 6.18. The van der Waals surface area contributed by atoms with Crippen LogP contribution in [0.3, 0.4) is 0 Å². The van der Waals surface area contributed by atoms with E-state index in [1.165, 1.54) is 0 Å². The number of H-pyrrole nitrogens is 1. The number of aryl methyl sites for hydroxylation is 1. The summed E-state index contributed by atoms with van der Waals surface area (Å²) in [6.45, 7) is 2.44. The molecule has 5 nitrogen and oxygen atoms in total. The maximum Gasteiger partial charge on any atom is 0.417 e. The second-order valence-corrected chi connectivity index (χ2v) is 5.91. The van der Waals surface area contributed by atoms with Gasteiger partial charge in [-0.15, -0.1) is 0 Å². The standard InChI is InChI=1S/C17H17ClN2O3/c1-2-3-6-12-10-20(9-11-7-4-5-8-13(11)18)16(21)14-15(12)23-17(22)19-14/h4-5,7-8,10H,2-3,6,9H2,1H3,(H,19,22). The fourth-order valence-corrected chi connectivity index (χ4v) is 2.82. The SMILES string of the molecule is CCCCc1cn(Cc2ccccc2Cl)c(=O)c2[nH]c(=O)oc12. The monoisotopic (exact) mass is 332 g/mol. The molecule has 0 radical (unpaired) electrons. The molecule has 0 bridgehead atoms. The number of unbranched alkanes of at least 4 members (excludes halogenated alkanes) is 1. The molecular formula is C17H17ClN2O3. The maximum absolute atomic E-state index is 12.6. The highest BCUT2D eigenvalue weighted by molar-refractivity contribution is 6.31. The lowest BCUT2D eigenvalue weighted by Gasteiger charge is -2.10. The number of halogens is 1. The van der Waals surface area contributed by atoms with E-state index >= 15 is 0 Å². The number of rotatable bonds is 5. The number of benzene rings is 1. The van der Waals surface area contributed by atoms with Gasteiger partial charge in [0, 0.05) is 16.8 Å². The minimum atomic E-state index is -0.606. The molecule has 1 aromatic carbocycles. The van der Waals surface area contributed by atoms with E-state index in [2.05, 4.69) is 11.9 Å². The largest absolute Gasteiger partial charge is 0.417 e. The van der Waals surface area contributed by atoms with Crippen LogP contribution in [0.25, 0.3) is 11.1 Å². The molecule has 2 heterocycles. The second kappa shape index (κ2) is 6.46. The zero-order chi connectivity index (χ0) is 16.4. The molecule has 3 aromatic rings. The van der Waals surface area contributed by atoms with Crippen LogP contribution in [0.1, 0.15) is 30.9 Å². The number of fused-ring (bicyclic) bond motifs is 1. The van der Waals surface area contributed by atoms with Gasteiger partial charge in [0.05, 0.1) is 6.54 Å². The number of nitrogens with one attached hydrogen (secondary N) is 1. The summed E-state index contributed by atoms with van der Waals surface area (Å²) in [6, 6.07) is 7.39. The first kappa shape index (κ1) is 15.6. The number of nitrogens with zero attached hydrogens (tertiary/aromatic N) is 1. The predicted molar refractivity (Wildman–Crippen MR) is 90.3 cm³/mol. The number of hydrogen-bond donors (Lipinski definition) is 1. The van der Waals surface area contributed by atoms with E-state index in [1.54, 1.807) is 16.8 Å². The summed E-state index contributed by atoms with van der Waals surface area (Å²) in [4.78, 5) is 26.6. The Bertz CT molecular complexity index is 952. The maximum atomic E-state index is 12.6. The van der Waals surface area contributed by atoms with E-state index in [1.807, 2.05) is 18.2 Å². The zero-order valence-corrected chi connectivity index (χ0v) is 13.5. The molecule has 0 atom stereocenters. The molecule has 0 saturated carbocycles. The topological polar surface area (TPSA) is 68.0 Å². The van der Waals surface area contributed by atoms with Gasteiger partial charge in [-0.05, 0) is 24.5 Å². The van der Waals surface area contributed by atoms with E-state index in [9.17, 15) is 9.59 Å². The first-order valence-corrected chi connectivity index (χ1v) is 7.96. The first-order chi connectivity index (χ1) is 11.1. The Morgan fingerprint density at radius 1 is 1.22 bits per heavy atom. The molecule has 23 heavy (non-hydrogen) atoms. The average Bonchev–Trinajstić information content (AvgIpc) is 2.93. The van der Waals surface area contributed by atoms with Crippen LogP contribution < -0.4 is 11.3 Å². The molecule has 0 spiro atoms. The summed E-state index contributed by atoms with van der Waals surface area (Å²) in [5.41, 5.74) is 2.00. The fourth-order valence-electron chi connectivity index (χ4n) is 2.63. The van der Waals surface area contributed by atoms with Gasteiger partial charge in [-0.1, -0.05) is 43.1 Å². The number of oxazole rings is 1. The quantitative estimate of drug-likeness (QED) is 0.779. The Morgan fingerprint density at radius 2 is 2.00 bits per heavy atom. The Kier molecular flexibility index (Phi) is 4.39. The first-order valence-electron chi connectivity index (χ1n) is 7.58. The van der Waals surface area contributed by atoms with Crippen LogP contribution in [-0.2, 0) is 13.0 Å². The van der Waals surface area contributed by atoms with Crippen LogP contribution in [0.2, 0.25) is 5.02 Å². The van der Waals surface area contributed by atoms with E-state index in [0.29, 0.717) is 17.2 Å². The molecule has 1 N–H and O–H groups in total. The van der Waals surface area contributed by atoms with Gasteiger partial charge in [-0.25, -0.2) is 4.79 Å². The normalized spacial score (nSPS) is 11.2. The molecular weight excluding hydrogens is 316 g/mol. The Balaban J connectivity index is 2.13. The number of aromatic amines is 1. The highest BCUT2D eigenvalue weighted by Crippen LogP contribution is 2.18. The van der Waals surface area contributed by atoms with Crippen LogP contribution >= 0.6 is 11.6 Å². The van der Waals surface area contributed by atoms with E-state index in [-0.39, 0.29) is 11.1 Å². The van der Waals surface area contributed by atoms with Crippen molar-refractivity contribution < 1.29 is 4.42 Å². The molecule has 0 fully saturated rings. The molecule has 2 aromatic heterocycles. The minimum Gasteiger partial charge on any atom is -0.407 e. The smallest absolute Gasteiger partial charge is 0.407 e. The van der Waals surface area contributed by atoms with Crippen LogP contribution in [0.4, 0.5) is 0 Å². The lowest BCUT2D eigenvalue weighted by Crippen LogP contribution is -2.22. The van der Waals surface area contributed by atoms with Gasteiger partial charge in [0.2, 0.25) is 0 Å². The Morgan fingerprint density at radius 3 is 2.74 bits per heavy atom. The third-order valence-corrected chi connectivity index (χ3v) is 4.19. The van der Waals surface area contributed by atoms with E-state index in [4.69, 9.17) is 16.0 Å². The van der Waals surface area contributed by atoms with Crippen LogP contribution in [0.5, 0.6) is 0 Å². The lowest BCUT2D eigenvalue weighted by molar-refractivity contribution is 0.549. The van der Waals surface area contributed by atoms with Gasteiger partial charge in [0.25, 0.3) is 5.56 Å². The molecule has 0 unspecified atom stereocenters. The van der Waals surface area contributed by atoms with Gasteiger partial charge in [0.1, 0.15) is 0 Å². The molecule has 0 amide bonds. The summed E-state index contributed by atoms with van der Waals surface area (Å²) < 4.78 is 6.72. The zero-order valence-electron chi connectivity index (χ0n) is 12.8. The van der Waals surface area contributed by atoms with Crippen molar-refractivity contribution in [3.05, 3.63) is 67.5 Å². The number of hydrogen-bond acceptors (Lipinski definition) is 3. The third-order valence-electron chi connectivity index (χ3n) is 3.83. The van der Waals surface area contributed by atoms with Crippen LogP contribution in [-0.4, -0.2) is 9.55 Å². The van der Waals surface area contributed by atoms with Crippen molar-refractivity contribution in [2.24, 2.45) is 0 Å². The summed E-state index contributed by atoms with van der Waals surface area (Å²) in [6.07, 6.45) is 4.48. The van der Waals surface area contributed by atoms with Crippen molar-refractivity contribution in [1.82, 2.24) is 9.55 Å². The van der Waals surface area contributed by atoms with Crippen molar-refractivity contribution in [3.8, 4) is 0 Å². The van der Waals surface area contributed by atoms with Crippen molar-refractivity contribution in [2.75, 3.05) is 0 Å². The summed E-state index contributed by atoms with van der Waals surface area (Å²) in [7, 11) is 0. The molecule has 6 heteroatoms. The summed E-state index contributed by atoms with van der Waals surface area (Å²) in [5, 5.41) is 0.607. The predicted octanol–water partition coefficient (Wildman–Crippen LogP) is 3.33. The van der Waals surface area contributed by atoms with Crippen molar-refractivity contribution in [2.45, 2.75) is 32.7 Å². The van der Waals surface area contributed by atoms with Gasteiger partial charge in [0.15, 0.2) is 11.1 Å². The highest BCUT2D eigenvalue weighted by Gasteiger charge is 2.14. The molecule has 0 aliphatic heterocycles. The fraction of sp³-hybridized carbons (Fsp3) is 0.294. The minimum absolute atomic E-state index is 0.218. The molecule has 120 valence electrons. The van der Waals surface area contributed by atoms with Crippen molar-refractivity contribution in [3.63, 3.8) is 0 Å². The summed E-state index contributed by atoms with van der Waals surface area (Å²) in [5.74, 6) is -0.606. The van der Waals surface area contributed by atoms with Gasteiger partial charge in [-0.3, -0.25) is 9.78 Å². The molecule has 0 aliphatic carbocycles. The van der Waals surface area contributed by atoms with Crippen molar-refractivity contribution in [1.29, 1.82) is 0 Å². The third kappa shape index (κ3) is 3.10.